The minimum Gasteiger partial charge on any atom is -0.393 e. The van der Waals surface area contributed by atoms with Crippen molar-refractivity contribution in [1.82, 2.24) is 4.90 Å². The number of aliphatic hydroxyl groups is 1. The molecule has 3 aliphatic rings. The Morgan fingerprint density at radius 3 is 2.24 bits per heavy atom. The van der Waals surface area contributed by atoms with Gasteiger partial charge in [-0.15, -0.1) is 0 Å². The standard InChI is InChI=1S/C15H27NO/c1-14(2)4-3-12(17)11-13(14)16-9-7-15(5-6-15)8-10-16/h12-13,17H,3-11H2,1-2H3. The lowest BCUT2D eigenvalue weighted by Crippen LogP contribution is -2.52. The normalized spacial score (nSPS) is 40.4. The lowest BCUT2D eigenvalue weighted by atomic mass is 9.71. The summed E-state index contributed by atoms with van der Waals surface area (Å²) in [5, 5.41) is 9.93. The maximum atomic E-state index is 9.93. The van der Waals surface area contributed by atoms with E-state index in [0.717, 1.165) is 18.3 Å². The van der Waals surface area contributed by atoms with E-state index in [1.165, 1.54) is 45.2 Å². The second-order valence-electron chi connectivity index (χ2n) is 7.47. The molecule has 1 aliphatic heterocycles. The Balaban J connectivity index is 1.65. The Morgan fingerprint density at radius 1 is 1.00 bits per heavy atom. The smallest absolute Gasteiger partial charge is 0.0555 e. The van der Waals surface area contributed by atoms with Crippen molar-refractivity contribution in [2.45, 2.75) is 70.9 Å². The molecule has 1 heterocycles. The first kappa shape index (κ1) is 12.0. The van der Waals surface area contributed by atoms with Gasteiger partial charge in [0.15, 0.2) is 0 Å². The fourth-order valence-corrected chi connectivity index (χ4v) is 4.03. The highest BCUT2D eigenvalue weighted by Crippen LogP contribution is 2.54. The fourth-order valence-electron chi connectivity index (χ4n) is 4.03. The Kier molecular flexibility index (Phi) is 2.79. The SMILES string of the molecule is CC1(C)CCC(O)CC1N1CCC2(CC1)CC2. The molecule has 2 atom stereocenters. The predicted octanol–water partition coefficient (Wildman–Crippen LogP) is 2.80. The molecule has 3 rings (SSSR count). The molecular weight excluding hydrogens is 210 g/mol. The van der Waals surface area contributed by atoms with E-state index in [-0.39, 0.29) is 6.10 Å². The summed E-state index contributed by atoms with van der Waals surface area (Å²) in [5.74, 6) is 0. The van der Waals surface area contributed by atoms with Crippen LogP contribution in [-0.2, 0) is 0 Å². The summed E-state index contributed by atoms with van der Waals surface area (Å²) in [6.45, 7) is 7.34. The van der Waals surface area contributed by atoms with E-state index >= 15 is 0 Å². The number of nitrogens with zero attached hydrogens (tertiary/aromatic N) is 1. The van der Waals surface area contributed by atoms with Gasteiger partial charge in [-0.25, -0.2) is 0 Å². The van der Waals surface area contributed by atoms with Gasteiger partial charge in [0, 0.05) is 6.04 Å². The first-order chi connectivity index (χ1) is 8.01. The van der Waals surface area contributed by atoms with E-state index in [4.69, 9.17) is 0 Å². The van der Waals surface area contributed by atoms with E-state index in [1.54, 1.807) is 0 Å². The minimum atomic E-state index is -0.0511. The number of likely N-dealkylation sites (tertiary alicyclic amines) is 1. The first-order valence-corrected chi connectivity index (χ1v) is 7.43. The lowest BCUT2D eigenvalue weighted by molar-refractivity contribution is -0.0258. The van der Waals surface area contributed by atoms with Crippen molar-refractivity contribution < 1.29 is 5.11 Å². The van der Waals surface area contributed by atoms with Crippen LogP contribution in [0.3, 0.4) is 0 Å². The summed E-state index contributed by atoms with van der Waals surface area (Å²) in [5.41, 5.74) is 1.17. The van der Waals surface area contributed by atoms with Crippen molar-refractivity contribution in [1.29, 1.82) is 0 Å². The highest BCUT2D eigenvalue weighted by atomic mass is 16.3. The van der Waals surface area contributed by atoms with Gasteiger partial charge in [-0.05, 0) is 68.9 Å². The van der Waals surface area contributed by atoms with E-state index in [0.29, 0.717) is 11.5 Å². The molecule has 2 unspecified atom stereocenters. The summed E-state index contributed by atoms with van der Waals surface area (Å²) >= 11 is 0. The second kappa shape index (κ2) is 3.96. The van der Waals surface area contributed by atoms with Gasteiger partial charge in [0.1, 0.15) is 0 Å². The van der Waals surface area contributed by atoms with Gasteiger partial charge in [-0.3, -0.25) is 4.90 Å². The molecule has 1 spiro atoms. The van der Waals surface area contributed by atoms with Gasteiger partial charge in [0.25, 0.3) is 0 Å². The molecular formula is C15H27NO. The summed E-state index contributed by atoms with van der Waals surface area (Å²) in [6, 6.07) is 0.613. The van der Waals surface area contributed by atoms with E-state index in [9.17, 15) is 5.11 Å². The van der Waals surface area contributed by atoms with Crippen LogP contribution in [0.15, 0.2) is 0 Å². The molecule has 1 saturated heterocycles. The third-order valence-corrected chi connectivity index (χ3v) is 5.78. The van der Waals surface area contributed by atoms with E-state index in [1.807, 2.05) is 0 Å². The molecule has 0 amide bonds. The second-order valence-corrected chi connectivity index (χ2v) is 7.47. The highest BCUT2D eigenvalue weighted by Gasteiger charge is 2.47. The van der Waals surface area contributed by atoms with Crippen LogP contribution < -0.4 is 0 Å². The predicted molar refractivity (Wildman–Crippen MR) is 69.9 cm³/mol. The molecule has 98 valence electrons. The van der Waals surface area contributed by atoms with Crippen molar-refractivity contribution in [3.05, 3.63) is 0 Å². The minimum absolute atomic E-state index is 0.0511. The molecule has 1 N–H and O–H groups in total. The number of hydrogen-bond donors (Lipinski definition) is 1. The first-order valence-electron chi connectivity index (χ1n) is 7.43. The molecule has 0 aromatic heterocycles. The van der Waals surface area contributed by atoms with Gasteiger partial charge in [-0.2, -0.15) is 0 Å². The van der Waals surface area contributed by atoms with Crippen LogP contribution in [0.25, 0.3) is 0 Å². The summed E-state index contributed by atoms with van der Waals surface area (Å²) in [6.07, 6.45) is 8.92. The average molecular weight is 237 g/mol. The zero-order valence-electron chi connectivity index (χ0n) is 11.4. The van der Waals surface area contributed by atoms with Crippen LogP contribution in [0.1, 0.15) is 58.8 Å². The zero-order chi connectivity index (χ0) is 12.1. The molecule has 0 aromatic rings. The molecule has 17 heavy (non-hydrogen) atoms. The van der Waals surface area contributed by atoms with Crippen LogP contribution in [0, 0.1) is 10.8 Å². The molecule has 3 fully saturated rings. The van der Waals surface area contributed by atoms with Crippen molar-refractivity contribution in [3.8, 4) is 0 Å². The molecule has 2 heteroatoms. The quantitative estimate of drug-likeness (QED) is 0.758. The third kappa shape index (κ3) is 2.26. The van der Waals surface area contributed by atoms with Gasteiger partial charge < -0.3 is 5.11 Å². The summed E-state index contributed by atoms with van der Waals surface area (Å²) < 4.78 is 0. The Hall–Kier alpha value is -0.0800. The third-order valence-electron chi connectivity index (χ3n) is 5.78. The van der Waals surface area contributed by atoms with E-state index in [2.05, 4.69) is 18.7 Å². The van der Waals surface area contributed by atoms with E-state index < -0.39 is 0 Å². The fraction of sp³-hybridized carbons (Fsp3) is 1.00. The van der Waals surface area contributed by atoms with Crippen molar-refractivity contribution in [2.75, 3.05) is 13.1 Å². The topological polar surface area (TPSA) is 23.5 Å². The number of rotatable bonds is 1. The summed E-state index contributed by atoms with van der Waals surface area (Å²) in [4.78, 5) is 2.69. The number of hydrogen-bond acceptors (Lipinski definition) is 2. The molecule has 0 aromatic carbocycles. The van der Waals surface area contributed by atoms with Crippen LogP contribution >= 0.6 is 0 Å². The molecule has 2 nitrogen and oxygen atoms in total. The Morgan fingerprint density at radius 2 is 1.65 bits per heavy atom. The molecule has 0 radical (unpaired) electrons. The van der Waals surface area contributed by atoms with Crippen LogP contribution in [0.5, 0.6) is 0 Å². The number of piperidine rings is 1. The number of aliphatic hydroxyl groups excluding tert-OH is 1. The maximum Gasteiger partial charge on any atom is 0.0555 e. The van der Waals surface area contributed by atoms with Gasteiger partial charge >= 0.3 is 0 Å². The monoisotopic (exact) mass is 237 g/mol. The molecule has 0 bridgehead atoms. The Bertz CT molecular complexity index is 285. The average Bonchev–Trinajstić information content (AvgIpc) is 3.04. The van der Waals surface area contributed by atoms with Gasteiger partial charge in [0.05, 0.1) is 6.10 Å². The zero-order valence-corrected chi connectivity index (χ0v) is 11.4. The lowest BCUT2D eigenvalue weighted by Gasteiger charge is -2.49. The maximum absolute atomic E-state index is 9.93. The molecule has 2 saturated carbocycles. The summed E-state index contributed by atoms with van der Waals surface area (Å²) in [7, 11) is 0. The van der Waals surface area contributed by atoms with Gasteiger partial charge in [-0.1, -0.05) is 13.8 Å². The van der Waals surface area contributed by atoms with Crippen molar-refractivity contribution >= 4 is 0 Å². The van der Waals surface area contributed by atoms with Gasteiger partial charge in [0.2, 0.25) is 0 Å². The largest absolute Gasteiger partial charge is 0.393 e. The van der Waals surface area contributed by atoms with Crippen molar-refractivity contribution in [2.24, 2.45) is 10.8 Å². The van der Waals surface area contributed by atoms with Crippen LogP contribution in [0.2, 0.25) is 0 Å². The van der Waals surface area contributed by atoms with Crippen LogP contribution in [-0.4, -0.2) is 35.2 Å². The van der Waals surface area contributed by atoms with Crippen LogP contribution in [0.4, 0.5) is 0 Å². The van der Waals surface area contributed by atoms with Crippen molar-refractivity contribution in [3.63, 3.8) is 0 Å². The Labute approximate surface area is 105 Å². The molecule has 2 aliphatic carbocycles. The highest BCUT2D eigenvalue weighted by molar-refractivity contribution is 5.00.